The molecular weight excluding hydrogens is 152 g/mol. The van der Waals surface area contributed by atoms with Crippen molar-refractivity contribution < 1.29 is 4.74 Å². The highest BCUT2D eigenvalue weighted by molar-refractivity contribution is 5.20. The lowest BCUT2D eigenvalue weighted by Gasteiger charge is -2.11. The molecule has 0 unspecified atom stereocenters. The normalized spacial score (nSPS) is 12.9. The van der Waals surface area contributed by atoms with Crippen molar-refractivity contribution in [3.63, 3.8) is 0 Å². The van der Waals surface area contributed by atoms with Crippen LogP contribution in [0.5, 0.6) is 0 Å². The predicted octanol–water partition coefficient (Wildman–Crippen LogP) is 1.04. The maximum Gasteiger partial charge on any atom is 0.0710 e. The summed E-state index contributed by atoms with van der Waals surface area (Å²) in [6.45, 7) is 2.51. The van der Waals surface area contributed by atoms with E-state index >= 15 is 0 Å². The van der Waals surface area contributed by atoms with Crippen molar-refractivity contribution in [1.29, 1.82) is 0 Å². The quantitative estimate of drug-likeness (QED) is 0.729. The highest BCUT2D eigenvalue weighted by Crippen LogP contribution is 2.11. The van der Waals surface area contributed by atoms with Crippen molar-refractivity contribution in [3.05, 3.63) is 29.6 Å². The second-order valence-electron chi connectivity index (χ2n) is 2.77. The molecule has 0 bridgehead atoms. The number of hydrogen-bond donors (Lipinski definition) is 1. The summed E-state index contributed by atoms with van der Waals surface area (Å²) in [4.78, 5) is 4.19. The molecular formula is C9H14N2O. The van der Waals surface area contributed by atoms with Crippen molar-refractivity contribution >= 4 is 0 Å². The first-order valence-corrected chi connectivity index (χ1v) is 3.91. The molecule has 1 rings (SSSR count). The molecule has 1 aromatic heterocycles. The Hall–Kier alpha value is -0.930. The number of aryl methyl sites for hydroxylation is 1. The molecule has 0 aromatic carbocycles. The number of ether oxygens (including phenoxy) is 1. The highest BCUT2D eigenvalue weighted by atomic mass is 16.5. The molecule has 0 amide bonds. The average Bonchev–Trinajstić information content (AvgIpc) is 2.05. The van der Waals surface area contributed by atoms with Gasteiger partial charge in [0.15, 0.2) is 0 Å². The van der Waals surface area contributed by atoms with Crippen LogP contribution in [0, 0.1) is 6.92 Å². The summed E-state index contributed by atoms with van der Waals surface area (Å²) in [5, 5.41) is 0. The number of rotatable bonds is 3. The molecule has 0 fully saturated rings. The minimum atomic E-state index is -0.115. The van der Waals surface area contributed by atoms with Crippen LogP contribution in [0.4, 0.5) is 0 Å². The van der Waals surface area contributed by atoms with Crippen LogP contribution >= 0.6 is 0 Å². The van der Waals surface area contributed by atoms with Crippen LogP contribution in [0.25, 0.3) is 0 Å². The van der Waals surface area contributed by atoms with Crippen LogP contribution < -0.4 is 5.73 Å². The van der Waals surface area contributed by atoms with Gasteiger partial charge in [0.25, 0.3) is 0 Å². The van der Waals surface area contributed by atoms with Crippen LogP contribution in [0.15, 0.2) is 18.3 Å². The molecule has 1 aromatic rings. The van der Waals surface area contributed by atoms with E-state index in [1.807, 2.05) is 19.1 Å². The lowest BCUT2D eigenvalue weighted by atomic mass is 10.1. The van der Waals surface area contributed by atoms with Gasteiger partial charge < -0.3 is 10.5 Å². The van der Waals surface area contributed by atoms with Crippen molar-refractivity contribution in [1.82, 2.24) is 4.98 Å². The Kier molecular flexibility index (Phi) is 3.19. The Bertz CT molecular complexity index is 250. The Morgan fingerprint density at radius 3 is 3.00 bits per heavy atom. The molecule has 2 N–H and O–H groups in total. The van der Waals surface area contributed by atoms with Gasteiger partial charge in [-0.15, -0.1) is 0 Å². The first-order chi connectivity index (χ1) is 5.75. The third-order valence-corrected chi connectivity index (χ3v) is 1.75. The zero-order chi connectivity index (χ0) is 8.97. The molecule has 3 nitrogen and oxygen atoms in total. The zero-order valence-electron chi connectivity index (χ0n) is 7.45. The van der Waals surface area contributed by atoms with Crippen molar-refractivity contribution in [2.75, 3.05) is 13.7 Å². The first-order valence-electron chi connectivity index (χ1n) is 3.91. The number of aromatic nitrogens is 1. The molecule has 0 saturated carbocycles. The van der Waals surface area contributed by atoms with Crippen molar-refractivity contribution in [2.45, 2.75) is 13.0 Å². The molecule has 0 saturated heterocycles. The van der Waals surface area contributed by atoms with E-state index in [0.717, 1.165) is 11.3 Å². The Balaban J connectivity index is 2.79. The molecule has 0 aliphatic carbocycles. The fourth-order valence-electron chi connectivity index (χ4n) is 1.14. The van der Waals surface area contributed by atoms with E-state index in [-0.39, 0.29) is 6.04 Å². The van der Waals surface area contributed by atoms with E-state index in [1.54, 1.807) is 13.3 Å². The summed E-state index contributed by atoms with van der Waals surface area (Å²) in [5.41, 5.74) is 7.85. The standard InChI is InChI=1S/C9H14N2O/c1-7-4-3-5-11-9(7)8(10)6-12-2/h3-5,8H,6,10H2,1-2H3/t8-/m0/s1. The molecule has 0 spiro atoms. The van der Waals surface area contributed by atoms with Crippen LogP contribution in [0.3, 0.4) is 0 Å². The van der Waals surface area contributed by atoms with Crippen LogP contribution in [0.1, 0.15) is 17.3 Å². The first kappa shape index (κ1) is 9.16. The average molecular weight is 166 g/mol. The molecule has 0 radical (unpaired) electrons. The van der Waals surface area contributed by atoms with Gasteiger partial charge in [0.2, 0.25) is 0 Å². The second-order valence-corrected chi connectivity index (χ2v) is 2.77. The maximum atomic E-state index is 5.82. The summed E-state index contributed by atoms with van der Waals surface area (Å²) >= 11 is 0. The molecule has 12 heavy (non-hydrogen) atoms. The smallest absolute Gasteiger partial charge is 0.0710 e. The Labute approximate surface area is 72.6 Å². The third kappa shape index (κ3) is 2.03. The van der Waals surface area contributed by atoms with Gasteiger partial charge in [0.05, 0.1) is 18.3 Å². The SMILES string of the molecule is COC[C@H](N)c1ncccc1C. The van der Waals surface area contributed by atoms with E-state index in [4.69, 9.17) is 10.5 Å². The predicted molar refractivity (Wildman–Crippen MR) is 47.8 cm³/mol. The van der Waals surface area contributed by atoms with E-state index in [9.17, 15) is 0 Å². The Morgan fingerprint density at radius 2 is 2.42 bits per heavy atom. The topological polar surface area (TPSA) is 48.1 Å². The van der Waals surface area contributed by atoms with Gasteiger partial charge in [-0.1, -0.05) is 6.07 Å². The van der Waals surface area contributed by atoms with Gasteiger partial charge in [-0.05, 0) is 18.6 Å². The largest absolute Gasteiger partial charge is 0.383 e. The van der Waals surface area contributed by atoms with Gasteiger partial charge in [-0.2, -0.15) is 0 Å². The molecule has 0 aliphatic rings. The van der Waals surface area contributed by atoms with Gasteiger partial charge in [0, 0.05) is 13.3 Å². The zero-order valence-corrected chi connectivity index (χ0v) is 7.45. The molecule has 0 aliphatic heterocycles. The van der Waals surface area contributed by atoms with Crippen LogP contribution in [0.2, 0.25) is 0 Å². The Morgan fingerprint density at radius 1 is 1.67 bits per heavy atom. The maximum absolute atomic E-state index is 5.82. The fourth-order valence-corrected chi connectivity index (χ4v) is 1.14. The van der Waals surface area contributed by atoms with Crippen molar-refractivity contribution in [2.24, 2.45) is 5.73 Å². The monoisotopic (exact) mass is 166 g/mol. The number of nitrogens with zero attached hydrogens (tertiary/aromatic N) is 1. The highest BCUT2D eigenvalue weighted by Gasteiger charge is 2.08. The lowest BCUT2D eigenvalue weighted by Crippen LogP contribution is -2.18. The molecule has 3 heteroatoms. The van der Waals surface area contributed by atoms with E-state index < -0.39 is 0 Å². The minimum Gasteiger partial charge on any atom is -0.383 e. The van der Waals surface area contributed by atoms with Crippen LogP contribution in [-0.4, -0.2) is 18.7 Å². The van der Waals surface area contributed by atoms with Crippen molar-refractivity contribution in [3.8, 4) is 0 Å². The second kappa shape index (κ2) is 4.18. The summed E-state index contributed by atoms with van der Waals surface area (Å²) in [5.74, 6) is 0. The third-order valence-electron chi connectivity index (χ3n) is 1.75. The van der Waals surface area contributed by atoms with Gasteiger partial charge in [-0.3, -0.25) is 4.98 Å². The molecule has 1 atom stereocenters. The van der Waals surface area contributed by atoms with Gasteiger partial charge >= 0.3 is 0 Å². The van der Waals surface area contributed by atoms with Gasteiger partial charge in [0.1, 0.15) is 0 Å². The number of pyridine rings is 1. The van der Waals surface area contributed by atoms with E-state index in [1.165, 1.54) is 0 Å². The van der Waals surface area contributed by atoms with E-state index in [2.05, 4.69) is 4.98 Å². The fraction of sp³-hybridized carbons (Fsp3) is 0.444. The summed E-state index contributed by atoms with van der Waals surface area (Å²) < 4.78 is 4.95. The number of nitrogens with two attached hydrogens (primary N) is 1. The minimum absolute atomic E-state index is 0.115. The van der Waals surface area contributed by atoms with E-state index in [0.29, 0.717) is 6.61 Å². The summed E-state index contributed by atoms with van der Waals surface area (Å²) in [6, 6.07) is 3.78. The molecule has 66 valence electrons. The van der Waals surface area contributed by atoms with Crippen LogP contribution in [-0.2, 0) is 4.74 Å². The van der Waals surface area contributed by atoms with Gasteiger partial charge in [-0.25, -0.2) is 0 Å². The summed E-state index contributed by atoms with van der Waals surface area (Å²) in [6.07, 6.45) is 1.75. The molecule has 1 heterocycles. The summed E-state index contributed by atoms with van der Waals surface area (Å²) in [7, 11) is 1.64. The lowest BCUT2D eigenvalue weighted by molar-refractivity contribution is 0.179. The number of methoxy groups -OCH3 is 1. The number of hydrogen-bond acceptors (Lipinski definition) is 3.